The zero-order valence-electron chi connectivity index (χ0n) is 31.1. The number of furan rings is 2. The molecule has 274 valence electrons. The Kier molecular flexibility index (Phi) is 7.38. The van der Waals surface area contributed by atoms with E-state index in [1.165, 1.54) is 32.9 Å². The summed E-state index contributed by atoms with van der Waals surface area (Å²) < 4.78 is 15.5. The van der Waals surface area contributed by atoms with E-state index in [1.807, 2.05) is 0 Å². The molecule has 4 heterocycles. The molecule has 3 aromatic heterocycles. The van der Waals surface area contributed by atoms with Crippen LogP contribution in [0.4, 0.5) is 0 Å². The Hall–Kier alpha value is -6.70. The highest BCUT2D eigenvalue weighted by Gasteiger charge is 2.30. The normalized spacial score (nSPS) is 18.7. The number of nitrogens with one attached hydrogen (secondary N) is 3. The molecule has 3 unspecified atom stereocenters. The molecular weight excluding hydrogens is 701 g/mol. The van der Waals surface area contributed by atoms with Gasteiger partial charge >= 0.3 is 0 Å². The van der Waals surface area contributed by atoms with Gasteiger partial charge in [0.2, 0.25) is 0 Å². The number of hydrogen-bond donors (Lipinski definition) is 3. The molecule has 3 atom stereocenters. The van der Waals surface area contributed by atoms with Gasteiger partial charge in [0.05, 0.1) is 29.5 Å². The van der Waals surface area contributed by atoms with Crippen LogP contribution in [0.3, 0.4) is 0 Å². The quantitative estimate of drug-likeness (QED) is 0.164. The minimum atomic E-state index is -0.0752. The molecule has 0 spiro atoms. The number of allylic oxidation sites excluding steroid dienone is 2. The van der Waals surface area contributed by atoms with Crippen molar-refractivity contribution in [2.75, 3.05) is 0 Å². The topological polar surface area (TPSA) is 67.3 Å². The molecule has 2 aliphatic rings. The molecule has 57 heavy (non-hydrogen) atoms. The summed E-state index contributed by atoms with van der Waals surface area (Å²) in [5.41, 5.74) is 12.8. The van der Waals surface area contributed by atoms with Crippen LogP contribution in [0.1, 0.15) is 36.3 Å². The second-order valence-electron chi connectivity index (χ2n) is 15.3. The van der Waals surface area contributed by atoms with Crippen molar-refractivity contribution in [1.82, 2.24) is 20.5 Å². The molecule has 1 aliphatic heterocycles. The van der Waals surface area contributed by atoms with Gasteiger partial charge in [0.15, 0.2) is 0 Å². The minimum Gasteiger partial charge on any atom is -0.456 e. The standard InChI is InChI=1S/C51H38N4O2/c1-3-12-31(13-4-1)49-52-50(32-14-5-2-6-15-32)54-51(53-49)34-23-27-44-41(28-34)39-25-22-33(29-46(39)56-44)36-18-11-21-45-48(36)40-26-24-35(30-47(40)57-45)55-42-19-9-7-16-37(42)38-17-8-10-20-43(38)55/h1,3-5,7-30,49-54H,2,6H2. The first-order valence-electron chi connectivity index (χ1n) is 19.8. The molecule has 12 rings (SSSR count). The van der Waals surface area contributed by atoms with Crippen molar-refractivity contribution in [2.24, 2.45) is 0 Å². The molecule has 6 nitrogen and oxygen atoms in total. The van der Waals surface area contributed by atoms with Crippen LogP contribution in [0.2, 0.25) is 0 Å². The van der Waals surface area contributed by atoms with Crippen molar-refractivity contribution in [3.05, 3.63) is 187 Å². The maximum atomic E-state index is 6.61. The van der Waals surface area contributed by atoms with Crippen LogP contribution in [0, 0.1) is 0 Å². The summed E-state index contributed by atoms with van der Waals surface area (Å²) in [7, 11) is 0. The van der Waals surface area contributed by atoms with E-state index >= 15 is 0 Å². The van der Waals surface area contributed by atoms with E-state index in [1.54, 1.807) is 0 Å². The van der Waals surface area contributed by atoms with Gasteiger partial charge in [-0.2, -0.15) is 0 Å². The van der Waals surface area contributed by atoms with E-state index in [2.05, 4.69) is 190 Å². The van der Waals surface area contributed by atoms with E-state index in [4.69, 9.17) is 8.83 Å². The average Bonchev–Trinajstić information content (AvgIpc) is 3.95. The Labute approximate surface area is 328 Å². The van der Waals surface area contributed by atoms with Crippen molar-refractivity contribution in [3.8, 4) is 16.8 Å². The fourth-order valence-electron chi connectivity index (χ4n) is 9.25. The summed E-state index contributed by atoms with van der Waals surface area (Å²) in [4.78, 5) is 0. The molecule has 0 bridgehead atoms. The number of rotatable bonds is 5. The van der Waals surface area contributed by atoms with Crippen LogP contribution in [0.15, 0.2) is 184 Å². The number of benzene rings is 7. The Morgan fingerprint density at radius 3 is 2.00 bits per heavy atom. The van der Waals surface area contributed by atoms with E-state index in [9.17, 15) is 0 Å². The molecule has 3 N–H and O–H groups in total. The van der Waals surface area contributed by atoms with Crippen molar-refractivity contribution >= 4 is 65.7 Å². The van der Waals surface area contributed by atoms with Gasteiger partial charge in [0.1, 0.15) is 22.3 Å². The summed E-state index contributed by atoms with van der Waals surface area (Å²) >= 11 is 0. The van der Waals surface area contributed by atoms with Gasteiger partial charge in [0.25, 0.3) is 0 Å². The predicted octanol–water partition coefficient (Wildman–Crippen LogP) is 12.3. The molecule has 1 saturated heterocycles. The van der Waals surface area contributed by atoms with E-state index in [0.29, 0.717) is 0 Å². The maximum Gasteiger partial charge on any atom is 0.137 e. The Bertz CT molecular complexity index is 3200. The lowest BCUT2D eigenvalue weighted by Crippen LogP contribution is -2.59. The van der Waals surface area contributed by atoms with E-state index in [0.717, 1.165) is 79.1 Å². The van der Waals surface area contributed by atoms with Crippen LogP contribution in [0.25, 0.3) is 82.5 Å². The summed E-state index contributed by atoms with van der Waals surface area (Å²) in [6, 6.07) is 53.9. The highest BCUT2D eigenvalue weighted by molar-refractivity contribution is 6.15. The maximum absolute atomic E-state index is 6.61. The molecule has 10 aromatic rings. The number of para-hydroxylation sites is 2. The van der Waals surface area contributed by atoms with Crippen molar-refractivity contribution in [3.63, 3.8) is 0 Å². The highest BCUT2D eigenvalue weighted by Crippen LogP contribution is 2.41. The zero-order chi connectivity index (χ0) is 37.5. The first-order chi connectivity index (χ1) is 28.2. The van der Waals surface area contributed by atoms with Gasteiger partial charge in [-0.25, -0.2) is 0 Å². The second kappa shape index (κ2) is 12.9. The SMILES string of the molecule is C1=CC(C2NC(c3ccccc3)NC(c3ccc4oc5cc(-c6cccc7oc8cc(-n9c%10ccccc%10c%10ccccc%109)ccc8c67)ccc5c4c3)N2)=CCC1. The van der Waals surface area contributed by atoms with Crippen LogP contribution >= 0.6 is 0 Å². The van der Waals surface area contributed by atoms with Crippen LogP contribution in [0.5, 0.6) is 0 Å². The largest absolute Gasteiger partial charge is 0.456 e. The average molecular weight is 739 g/mol. The first-order valence-corrected chi connectivity index (χ1v) is 19.8. The van der Waals surface area contributed by atoms with Gasteiger partial charge < -0.3 is 13.4 Å². The highest BCUT2D eigenvalue weighted by atomic mass is 16.3. The lowest BCUT2D eigenvalue weighted by molar-refractivity contribution is 0.224. The summed E-state index contributed by atoms with van der Waals surface area (Å²) in [5, 5.41) is 18.4. The fraction of sp³-hybridized carbons (Fsp3) is 0.0980. The van der Waals surface area contributed by atoms with Crippen molar-refractivity contribution < 1.29 is 8.83 Å². The molecule has 0 amide bonds. The van der Waals surface area contributed by atoms with E-state index in [-0.39, 0.29) is 18.5 Å². The van der Waals surface area contributed by atoms with Gasteiger partial charge in [-0.05, 0) is 95.3 Å². The molecule has 6 heteroatoms. The second-order valence-corrected chi connectivity index (χ2v) is 15.3. The minimum absolute atomic E-state index is 0.0133. The monoisotopic (exact) mass is 738 g/mol. The molecular formula is C51H38N4O2. The van der Waals surface area contributed by atoms with Gasteiger partial charge in [0, 0.05) is 44.1 Å². The smallest absolute Gasteiger partial charge is 0.137 e. The predicted molar refractivity (Wildman–Crippen MR) is 232 cm³/mol. The molecule has 7 aromatic carbocycles. The lowest BCUT2D eigenvalue weighted by atomic mass is 9.98. The summed E-state index contributed by atoms with van der Waals surface area (Å²) in [6.07, 6.45) is 8.93. The van der Waals surface area contributed by atoms with Crippen LogP contribution in [-0.4, -0.2) is 10.7 Å². The third-order valence-corrected chi connectivity index (χ3v) is 11.9. The molecule has 0 radical (unpaired) electrons. The van der Waals surface area contributed by atoms with Crippen molar-refractivity contribution in [1.29, 1.82) is 0 Å². The lowest BCUT2D eigenvalue weighted by Gasteiger charge is -2.40. The third-order valence-electron chi connectivity index (χ3n) is 11.9. The summed E-state index contributed by atoms with van der Waals surface area (Å²) in [5.74, 6) is 0. The first kappa shape index (κ1) is 32.5. The Balaban J connectivity index is 0.918. The molecule has 0 saturated carbocycles. The van der Waals surface area contributed by atoms with Crippen LogP contribution in [-0.2, 0) is 0 Å². The third kappa shape index (κ3) is 5.30. The summed E-state index contributed by atoms with van der Waals surface area (Å²) in [6.45, 7) is 0. The molecule has 1 aliphatic carbocycles. The zero-order valence-corrected chi connectivity index (χ0v) is 31.1. The number of fused-ring (bicyclic) bond motifs is 9. The Morgan fingerprint density at radius 2 is 1.19 bits per heavy atom. The number of nitrogens with zero attached hydrogens (tertiary/aromatic N) is 1. The van der Waals surface area contributed by atoms with E-state index < -0.39 is 0 Å². The van der Waals surface area contributed by atoms with Gasteiger partial charge in [-0.1, -0.05) is 109 Å². The molecule has 1 fully saturated rings. The van der Waals surface area contributed by atoms with Gasteiger partial charge in [-0.15, -0.1) is 0 Å². The Morgan fingerprint density at radius 1 is 0.474 bits per heavy atom. The van der Waals surface area contributed by atoms with Crippen LogP contribution < -0.4 is 16.0 Å². The fourth-order valence-corrected chi connectivity index (χ4v) is 9.25. The number of aromatic nitrogens is 1. The number of hydrogen-bond acceptors (Lipinski definition) is 5. The van der Waals surface area contributed by atoms with Gasteiger partial charge in [-0.3, -0.25) is 16.0 Å². The van der Waals surface area contributed by atoms with Crippen molar-refractivity contribution in [2.45, 2.75) is 31.3 Å².